The van der Waals surface area contributed by atoms with Crippen molar-refractivity contribution < 1.29 is 4.79 Å². The first kappa shape index (κ1) is 18.1. The molecule has 2 aromatic heterocycles. The molecule has 2 aromatic rings. The number of nitrogens with zero attached hydrogens (tertiary/aromatic N) is 4. The van der Waals surface area contributed by atoms with Gasteiger partial charge in [0.25, 0.3) is 5.56 Å². The van der Waals surface area contributed by atoms with E-state index in [2.05, 4.69) is 20.3 Å². The average molecular weight is 355 g/mol. The van der Waals surface area contributed by atoms with Crippen molar-refractivity contribution in [2.75, 3.05) is 18.0 Å². The Kier molecular flexibility index (Phi) is 5.99. The van der Waals surface area contributed by atoms with E-state index >= 15 is 0 Å². The zero-order valence-electron chi connectivity index (χ0n) is 15.1. The van der Waals surface area contributed by atoms with E-state index in [4.69, 9.17) is 0 Å². The molecule has 0 bridgehead atoms. The predicted octanol–water partition coefficient (Wildman–Crippen LogP) is 1.58. The molecule has 1 atom stereocenters. The molecule has 0 radical (unpaired) electrons. The maximum atomic E-state index is 12.2. The quantitative estimate of drug-likeness (QED) is 0.851. The summed E-state index contributed by atoms with van der Waals surface area (Å²) in [5, 5.41) is 7.14. The highest BCUT2D eigenvalue weighted by Gasteiger charge is 2.23. The fourth-order valence-electron chi connectivity index (χ4n) is 3.33. The molecule has 1 N–H and O–H groups in total. The summed E-state index contributed by atoms with van der Waals surface area (Å²) in [7, 11) is 0. The highest BCUT2D eigenvalue weighted by Crippen LogP contribution is 2.23. The minimum Gasteiger partial charge on any atom is -0.370 e. The number of carbonyl (C=O) groups is 1. The van der Waals surface area contributed by atoms with Crippen LogP contribution in [0.4, 0.5) is 5.69 Å². The maximum Gasteiger partial charge on any atom is 0.268 e. The number of carbonyl (C=O) groups excluding carboxylic acids is 1. The summed E-state index contributed by atoms with van der Waals surface area (Å²) in [6.45, 7) is 4.58. The van der Waals surface area contributed by atoms with E-state index in [1.54, 1.807) is 18.5 Å². The highest BCUT2D eigenvalue weighted by atomic mass is 16.1. The molecule has 7 nitrogen and oxygen atoms in total. The normalized spacial score (nSPS) is 17.1. The summed E-state index contributed by atoms with van der Waals surface area (Å²) in [6.07, 6.45) is 5.99. The Bertz CT molecular complexity index is 790. The number of aromatic nitrogens is 3. The smallest absolute Gasteiger partial charge is 0.268 e. The van der Waals surface area contributed by atoms with Gasteiger partial charge in [0.15, 0.2) is 0 Å². The van der Waals surface area contributed by atoms with Crippen LogP contribution in [-0.2, 0) is 17.9 Å². The van der Waals surface area contributed by atoms with Crippen molar-refractivity contribution in [3.8, 4) is 0 Å². The highest BCUT2D eigenvalue weighted by molar-refractivity contribution is 5.76. The zero-order valence-corrected chi connectivity index (χ0v) is 15.1. The van der Waals surface area contributed by atoms with Crippen LogP contribution >= 0.6 is 0 Å². The van der Waals surface area contributed by atoms with Gasteiger partial charge in [-0.05, 0) is 37.8 Å². The Morgan fingerprint density at radius 1 is 1.38 bits per heavy atom. The van der Waals surface area contributed by atoms with Gasteiger partial charge in [-0.1, -0.05) is 6.07 Å². The van der Waals surface area contributed by atoms with E-state index in [1.165, 1.54) is 4.68 Å². The van der Waals surface area contributed by atoms with Crippen LogP contribution in [0.5, 0.6) is 0 Å². The molecule has 1 aliphatic heterocycles. The van der Waals surface area contributed by atoms with E-state index in [0.29, 0.717) is 19.5 Å². The molecule has 26 heavy (non-hydrogen) atoms. The summed E-state index contributed by atoms with van der Waals surface area (Å²) in [5.74, 6) is 0.322. The Hall–Kier alpha value is -2.70. The van der Waals surface area contributed by atoms with Gasteiger partial charge < -0.3 is 10.2 Å². The Morgan fingerprint density at radius 3 is 3.00 bits per heavy atom. The lowest BCUT2D eigenvalue weighted by Crippen LogP contribution is -2.38. The summed E-state index contributed by atoms with van der Waals surface area (Å²) < 4.78 is 1.44. The number of pyridine rings is 1. The number of nitrogens with one attached hydrogen (secondary N) is 1. The van der Waals surface area contributed by atoms with Gasteiger partial charge >= 0.3 is 0 Å². The second-order valence-electron chi connectivity index (χ2n) is 6.62. The van der Waals surface area contributed by atoms with E-state index in [1.807, 2.05) is 25.1 Å². The van der Waals surface area contributed by atoms with E-state index in [0.717, 1.165) is 37.3 Å². The monoisotopic (exact) mass is 355 g/mol. The van der Waals surface area contributed by atoms with Gasteiger partial charge in [-0.3, -0.25) is 14.6 Å². The van der Waals surface area contributed by atoms with Crippen LogP contribution in [0.1, 0.15) is 31.9 Å². The number of amides is 1. The SMILES string of the molecule is CCn1ncc(N2CCCC(CC(=O)NCc3ccccn3)C2)cc1=O. The summed E-state index contributed by atoms with van der Waals surface area (Å²) >= 11 is 0. The lowest BCUT2D eigenvalue weighted by molar-refractivity contribution is -0.122. The summed E-state index contributed by atoms with van der Waals surface area (Å²) in [5.41, 5.74) is 1.62. The molecule has 7 heteroatoms. The van der Waals surface area contributed by atoms with Crippen molar-refractivity contribution in [1.29, 1.82) is 0 Å². The molecule has 3 heterocycles. The van der Waals surface area contributed by atoms with E-state index < -0.39 is 0 Å². The van der Waals surface area contributed by atoms with Gasteiger partial charge in [-0.15, -0.1) is 0 Å². The first-order chi connectivity index (χ1) is 12.7. The van der Waals surface area contributed by atoms with Gasteiger partial charge in [0.2, 0.25) is 5.91 Å². The first-order valence-electron chi connectivity index (χ1n) is 9.14. The number of rotatable bonds is 6. The lowest BCUT2D eigenvalue weighted by Gasteiger charge is -2.33. The third-order valence-corrected chi connectivity index (χ3v) is 4.71. The molecule has 1 aliphatic rings. The van der Waals surface area contributed by atoms with Crippen LogP contribution < -0.4 is 15.8 Å². The van der Waals surface area contributed by atoms with Crippen molar-refractivity contribution >= 4 is 11.6 Å². The molecule has 138 valence electrons. The van der Waals surface area contributed by atoms with Crippen LogP contribution in [0.2, 0.25) is 0 Å². The van der Waals surface area contributed by atoms with Gasteiger partial charge in [-0.25, -0.2) is 4.68 Å². The van der Waals surface area contributed by atoms with Gasteiger partial charge in [-0.2, -0.15) is 5.10 Å². The predicted molar refractivity (Wildman–Crippen MR) is 99.8 cm³/mol. The van der Waals surface area contributed by atoms with E-state index in [9.17, 15) is 9.59 Å². The molecule has 1 fully saturated rings. The molecule has 1 amide bonds. The number of hydrogen-bond donors (Lipinski definition) is 1. The van der Waals surface area contributed by atoms with E-state index in [-0.39, 0.29) is 17.4 Å². The second kappa shape index (κ2) is 8.60. The van der Waals surface area contributed by atoms with Gasteiger partial charge in [0.05, 0.1) is 24.1 Å². The molecule has 0 spiro atoms. The standard InChI is InChI=1S/C19H25N5O2/c1-2-24-19(26)11-17(13-22-24)23-9-5-6-15(14-23)10-18(25)21-12-16-7-3-4-8-20-16/h3-4,7-8,11,13,15H,2,5-6,9-10,12,14H2,1H3,(H,21,25). The third-order valence-electron chi connectivity index (χ3n) is 4.71. The molecule has 3 rings (SSSR count). The minimum atomic E-state index is -0.0831. The molecule has 1 saturated heterocycles. The summed E-state index contributed by atoms with van der Waals surface area (Å²) in [4.78, 5) is 30.6. The Balaban J connectivity index is 1.54. The van der Waals surface area contributed by atoms with Crippen molar-refractivity contribution in [3.05, 3.63) is 52.7 Å². The van der Waals surface area contributed by atoms with Crippen LogP contribution in [0.25, 0.3) is 0 Å². The fraction of sp³-hybridized carbons (Fsp3) is 0.474. The lowest BCUT2D eigenvalue weighted by atomic mass is 9.94. The Morgan fingerprint density at radius 2 is 2.27 bits per heavy atom. The first-order valence-corrected chi connectivity index (χ1v) is 9.14. The fourth-order valence-corrected chi connectivity index (χ4v) is 3.33. The third kappa shape index (κ3) is 4.68. The number of hydrogen-bond acceptors (Lipinski definition) is 5. The second-order valence-corrected chi connectivity index (χ2v) is 6.62. The van der Waals surface area contributed by atoms with Crippen molar-refractivity contribution in [2.45, 2.75) is 39.3 Å². The van der Waals surface area contributed by atoms with Crippen LogP contribution in [0.3, 0.4) is 0 Å². The number of aryl methyl sites for hydroxylation is 1. The number of anilines is 1. The van der Waals surface area contributed by atoms with Crippen LogP contribution in [0.15, 0.2) is 41.5 Å². The molecular formula is C19H25N5O2. The van der Waals surface area contributed by atoms with Gasteiger partial charge in [0, 0.05) is 38.3 Å². The van der Waals surface area contributed by atoms with Crippen molar-refractivity contribution in [2.24, 2.45) is 5.92 Å². The van der Waals surface area contributed by atoms with Crippen molar-refractivity contribution in [3.63, 3.8) is 0 Å². The minimum absolute atomic E-state index is 0.0435. The van der Waals surface area contributed by atoms with Crippen LogP contribution in [-0.4, -0.2) is 33.8 Å². The van der Waals surface area contributed by atoms with Crippen molar-refractivity contribution in [1.82, 2.24) is 20.1 Å². The Labute approximate surface area is 153 Å². The molecule has 0 saturated carbocycles. The molecular weight excluding hydrogens is 330 g/mol. The van der Waals surface area contributed by atoms with Gasteiger partial charge in [0.1, 0.15) is 0 Å². The number of piperidine rings is 1. The molecule has 0 aromatic carbocycles. The molecule has 0 aliphatic carbocycles. The molecule has 1 unspecified atom stereocenters. The average Bonchev–Trinajstić information content (AvgIpc) is 2.67. The van der Waals surface area contributed by atoms with Crippen LogP contribution in [0, 0.1) is 5.92 Å². The topological polar surface area (TPSA) is 80.1 Å². The summed E-state index contributed by atoms with van der Waals surface area (Å²) in [6, 6.07) is 7.30. The zero-order chi connectivity index (χ0) is 18.4. The largest absolute Gasteiger partial charge is 0.370 e. The maximum absolute atomic E-state index is 12.2.